The lowest BCUT2D eigenvalue weighted by molar-refractivity contribution is -0.385. The highest BCUT2D eigenvalue weighted by Crippen LogP contribution is 2.31. The van der Waals surface area contributed by atoms with Gasteiger partial charge in [-0.3, -0.25) is 29.4 Å². The van der Waals surface area contributed by atoms with Crippen molar-refractivity contribution in [3.05, 3.63) is 99.6 Å². The van der Waals surface area contributed by atoms with Crippen LogP contribution in [0.4, 0.5) is 5.69 Å². The minimum absolute atomic E-state index is 0.0502. The van der Waals surface area contributed by atoms with Crippen LogP contribution in [0, 0.1) is 10.1 Å². The molecule has 184 valence electrons. The molecule has 0 saturated heterocycles. The molecular weight excluding hydrogens is 464 g/mol. The van der Waals surface area contributed by atoms with E-state index < -0.39 is 16.7 Å². The normalized spacial score (nSPS) is 12.4. The molecule has 1 heterocycles. The van der Waals surface area contributed by atoms with Crippen LogP contribution >= 0.6 is 0 Å². The molecule has 1 aliphatic heterocycles. The van der Waals surface area contributed by atoms with Gasteiger partial charge in [0.1, 0.15) is 23.7 Å². The summed E-state index contributed by atoms with van der Waals surface area (Å²) in [4.78, 5) is 48.8. The number of imide groups is 1. The van der Waals surface area contributed by atoms with Gasteiger partial charge in [0, 0.05) is 19.0 Å². The lowest BCUT2D eigenvalue weighted by Gasteiger charge is -2.13. The van der Waals surface area contributed by atoms with Crippen LogP contribution < -0.4 is 9.47 Å². The SMILES string of the molecule is O=C(CCCCCN1C(=O)c2cccc([N+](=O)[O-])c2C1=O)Oc1ccc(OCc2ccccc2)cc1. The smallest absolute Gasteiger partial charge is 0.311 e. The van der Waals surface area contributed by atoms with Gasteiger partial charge in [-0.05, 0) is 48.7 Å². The number of fused-ring (bicyclic) bond motifs is 1. The Morgan fingerprint density at radius 1 is 0.833 bits per heavy atom. The van der Waals surface area contributed by atoms with Crippen LogP contribution in [0.25, 0.3) is 0 Å². The molecule has 0 saturated carbocycles. The number of nitro groups is 1. The fourth-order valence-electron chi connectivity index (χ4n) is 3.91. The van der Waals surface area contributed by atoms with Crippen LogP contribution in [0.5, 0.6) is 11.5 Å². The first-order valence-corrected chi connectivity index (χ1v) is 11.5. The molecule has 9 nitrogen and oxygen atoms in total. The maximum Gasteiger partial charge on any atom is 0.311 e. The Morgan fingerprint density at radius 3 is 2.28 bits per heavy atom. The van der Waals surface area contributed by atoms with E-state index in [9.17, 15) is 24.5 Å². The molecule has 0 radical (unpaired) electrons. The summed E-state index contributed by atoms with van der Waals surface area (Å²) in [6.45, 7) is 0.570. The van der Waals surface area contributed by atoms with E-state index in [1.54, 1.807) is 24.3 Å². The summed E-state index contributed by atoms with van der Waals surface area (Å²) < 4.78 is 11.1. The Bertz CT molecular complexity index is 1270. The maximum atomic E-state index is 12.6. The molecule has 3 aromatic rings. The van der Waals surface area contributed by atoms with Crippen molar-refractivity contribution in [2.24, 2.45) is 0 Å². The van der Waals surface area contributed by atoms with Crippen LogP contribution in [0.3, 0.4) is 0 Å². The third-order valence-corrected chi connectivity index (χ3v) is 5.74. The van der Waals surface area contributed by atoms with Gasteiger partial charge in [-0.15, -0.1) is 0 Å². The van der Waals surface area contributed by atoms with Gasteiger partial charge in [0.25, 0.3) is 17.5 Å². The van der Waals surface area contributed by atoms with Crippen LogP contribution in [-0.4, -0.2) is 34.2 Å². The summed E-state index contributed by atoms with van der Waals surface area (Å²) in [6.07, 6.45) is 1.75. The quantitative estimate of drug-likeness (QED) is 0.0938. The van der Waals surface area contributed by atoms with Crippen LogP contribution in [0.2, 0.25) is 0 Å². The zero-order valence-corrected chi connectivity index (χ0v) is 19.4. The number of nitro benzene ring substituents is 1. The van der Waals surface area contributed by atoms with Crippen molar-refractivity contribution in [2.45, 2.75) is 32.3 Å². The first kappa shape index (κ1) is 24.6. The van der Waals surface area contributed by atoms with E-state index in [-0.39, 0.29) is 35.7 Å². The highest BCUT2D eigenvalue weighted by atomic mass is 16.6. The topological polar surface area (TPSA) is 116 Å². The predicted molar refractivity (Wildman–Crippen MR) is 130 cm³/mol. The Balaban J connectivity index is 1.17. The number of benzene rings is 3. The molecular formula is C27H24N2O7. The Hall–Kier alpha value is -4.53. The molecule has 0 atom stereocenters. The maximum absolute atomic E-state index is 12.6. The van der Waals surface area contributed by atoms with E-state index in [1.807, 2.05) is 30.3 Å². The highest BCUT2D eigenvalue weighted by molar-refractivity contribution is 6.23. The first-order valence-electron chi connectivity index (χ1n) is 11.5. The molecule has 0 fully saturated rings. The van der Waals surface area contributed by atoms with E-state index in [4.69, 9.17) is 9.47 Å². The molecule has 0 aromatic heterocycles. The molecule has 0 N–H and O–H groups in total. The largest absolute Gasteiger partial charge is 0.489 e. The number of carbonyl (C=O) groups excluding carboxylic acids is 3. The second kappa shape index (κ2) is 11.3. The summed E-state index contributed by atoms with van der Waals surface area (Å²) in [5, 5.41) is 11.2. The predicted octanol–water partition coefficient (Wildman–Crippen LogP) is 4.94. The van der Waals surface area contributed by atoms with Crippen molar-refractivity contribution >= 4 is 23.5 Å². The Kier molecular flexibility index (Phi) is 7.69. The first-order chi connectivity index (χ1) is 17.4. The van der Waals surface area contributed by atoms with Crippen LogP contribution in [0.15, 0.2) is 72.8 Å². The number of ether oxygens (including phenoxy) is 2. The molecule has 0 unspecified atom stereocenters. The van der Waals surface area contributed by atoms with Crippen molar-refractivity contribution < 1.29 is 28.8 Å². The van der Waals surface area contributed by atoms with Gasteiger partial charge >= 0.3 is 5.97 Å². The minimum Gasteiger partial charge on any atom is -0.489 e. The van der Waals surface area contributed by atoms with Crippen molar-refractivity contribution in [2.75, 3.05) is 6.54 Å². The number of hydrogen-bond acceptors (Lipinski definition) is 7. The highest BCUT2D eigenvalue weighted by Gasteiger charge is 2.40. The Morgan fingerprint density at radius 2 is 1.56 bits per heavy atom. The van der Waals surface area contributed by atoms with Crippen LogP contribution in [-0.2, 0) is 11.4 Å². The lowest BCUT2D eigenvalue weighted by atomic mass is 10.1. The molecule has 0 aliphatic carbocycles. The van der Waals surface area contributed by atoms with Gasteiger partial charge in [-0.2, -0.15) is 0 Å². The summed E-state index contributed by atoms with van der Waals surface area (Å²) in [7, 11) is 0. The number of hydrogen-bond donors (Lipinski definition) is 0. The summed E-state index contributed by atoms with van der Waals surface area (Å²) in [6, 6.07) is 20.6. The average Bonchev–Trinajstić information content (AvgIpc) is 3.13. The average molecular weight is 488 g/mol. The number of amides is 2. The Labute approximate surface area is 207 Å². The fraction of sp³-hybridized carbons (Fsp3) is 0.222. The standard InChI is InChI=1S/C27H24N2O7/c30-24(36-21-15-13-20(14-16-21)35-18-19-8-3-1-4-9-19)12-5-2-6-17-28-26(31)22-10-7-11-23(29(33)34)25(22)27(28)32/h1,3-4,7-11,13-16H,2,5-6,12,17-18H2. The molecule has 3 aromatic carbocycles. The van der Waals surface area contributed by atoms with Crippen molar-refractivity contribution in [1.82, 2.24) is 4.90 Å². The van der Waals surface area contributed by atoms with Gasteiger partial charge in [0.15, 0.2) is 0 Å². The van der Waals surface area contributed by atoms with E-state index >= 15 is 0 Å². The third-order valence-electron chi connectivity index (χ3n) is 5.74. The molecule has 1 aliphatic rings. The second-order valence-corrected chi connectivity index (χ2v) is 8.25. The molecule has 9 heteroatoms. The minimum atomic E-state index is -0.662. The molecule has 36 heavy (non-hydrogen) atoms. The number of esters is 1. The van der Waals surface area contributed by atoms with E-state index in [0.717, 1.165) is 10.5 Å². The summed E-state index contributed by atoms with van der Waals surface area (Å²) in [5.74, 6) is -0.492. The van der Waals surface area contributed by atoms with Crippen LogP contribution in [0.1, 0.15) is 52.0 Å². The van der Waals surface area contributed by atoms with E-state index in [1.165, 1.54) is 18.2 Å². The summed E-state index contributed by atoms with van der Waals surface area (Å²) in [5.41, 5.74) is 0.575. The number of carbonyl (C=O) groups is 3. The number of rotatable bonds is 11. The van der Waals surface area contributed by atoms with E-state index in [2.05, 4.69) is 0 Å². The molecule has 0 bridgehead atoms. The lowest BCUT2D eigenvalue weighted by Crippen LogP contribution is -2.30. The third kappa shape index (κ3) is 5.75. The second-order valence-electron chi connectivity index (χ2n) is 8.25. The molecule has 4 rings (SSSR count). The monoisotopic (exact) mass is 488 g/mol. The number of unbranched alkanes of at least 4 members (excludes halogenated alkanes) is 2. The zero-order valence-electron chi connectivity index (χ0n) is 19.4. The molecule has 2 amide bonds. The van der Waals surface area contributed by atoms with Crippen molar-refractivity contribution in [3.8, 4) is 11.5 Å². The van der Waals surface area contributed by atoms with Gasteiger partial charge < -0.3 is 9.47 Å². The van der Waals surface area contributed by atoms with Crippen molar-refractivity contribution in [3.63, 3.8) is 0 Å². The fourth-order valence-corrected chi connectivity index (χ4v) is 3.91. The molecule has 0 spiro atoms. The van der Waals surface area contributed by atoms with Gasteiger partial charge in [0.05, 0.1) is 10.5 Å². The number of nitrogens with zero attached hydrogens (tertiary/aromatic N) is 2. The van der Waals surface area contributed by atoms with E-state index in [0.29, 0.717) is 37.4 Å². The van der Waals surface area contributed by atoms with Crippen molar-refractivity contribution in [1.29, 1.82) is 0 Å². The summed E-state index contributed by atoms with van der Waals surface area (Å²) >= 11 is 0. The van der Waals surface area contributed by atoms with Gasteiger partial charge in [-0.25, -0.2) is 0 Å². The zero-order chi connectivity index (χ0) is 25.5. The van der Waals surface area contributed by atoms with Gasteiger partial charge in [0.2, 0.25) is 0 Å². The van der Waals surface area contributed by atoms with Gasteiger partial charge in [-0.1, -0.05) is 42.8 Å².